The number of carbonyl (C=O) groups excluding carboxylic acids is 1. The molecule has 0 aliphatic heterocycles. The Bertz CT molecular complexity index is 614. The molecule has 9 nitrogen and oxygen atoms in total. The molecule has 0 radical (unpaired) electrons. The van der Waals surface area contributed by atoms with Crippen LogP contribution in [0.4, 0.5) is 11.5 Å². The van der Waals surface area contributed by atoms with Gasteiger partial charge in [-0.3, -0.25) is 9.89 Å². The minimum atomic E-state index is -1.24. The highest BCUT2D eigenvalue weighted by Gasteiger charge is 2.18. The van der Waals surface area contributed by atoms with Gasteiger partial charge in [-0.15, -0.1) is 0 Å². The van der Waals surface area contributed by atoms with Crippen LogP contribution < -0.4 is 11.1 Å². The number of nitrogen functional groups attached to an aromatic ring is 1. The predicted molar refractivity (Wildman–Crippen MR) is 61.1 cm³/mol. The van der Waals surface area contributed by atoms with Gasteiger partial charge in [0.1, 0.15) is 5.82 Å². The number of rotatable bonds is 3. The summed E-state index contributed by atoms with van der Waals surface area (Å²) in [6.45, 7) is 0. The Hall–Kier alpha value is -2.84. The van der Waals surface area contributed by atoms with E-state index in [-0.39, 0.29) is 23.0 Å². The average molecular weight is 250 g/mol. The van der Waals surface area contributed by atoms with Crippen LogP contribution in [0.25, 0.3) is 0 Å². The first-order valence-electron chi connectivity index (χ1n) is 4.86. The lowest BCUT2D eigenvalue weighted by Gasteiger charge is -2.02. The molecule has 2 aromatic heterocycles. The van der Waals surface area contributed by atoms with Crippen molar-refractivity contribution in [2.45, 2.75) is 0 Å². The second kappa shape index (κ2) is 4.20. The van der Waals surface area contributed by atoms with Crippen molar-refractivity contribution in [1.29, 1.82) is 0 Å². The standard InChI is InChI=1S/C9H10N6O3/c1-15-3-5(10)13-7(15)8(16)12-4-2-11-14-6(4)9(17)18/h2-3H,10H2,1H3,(H,11,14)(H,12,16)(H,17,18). The normalized spacial score (nSPS) is 10.3. The van der Waals surface area contributed by atoms with Gasteiger partial charge in [0.25, 0.3) is 5.91 Å². The van der Waals surface area contributed by atoms with Gasteiger partial charge in [-0.25, -0.2) is 9.78 Å². The number of aryl methyl sites for hydroxylation is 1. The Balaban J connectivity index is 2.24. The summed E-state index contributed by atoms with van der Waals surface area (Å²) in [5, 5.41) is 17.1. The van der Waals surface area contributed by atoms with Crippen LogP contribution in [0.1, 0.15) is 21.1 Å². The zero-order valence-electron chi connectivity index (χ0n) is 9.34. The first kappa shape index (κ1) is 11.6. The minimum absolute atomic E-state index is 0.0640. The number of hydrogen-bond donors (Lipinski definition) is 4. The van der Waals surface area contributed by atoms with Gasteiger partial charge in [-0.05, 0) is 0 Å². The number of H-pyrrole nitrogens is 1. The van der Waals surface area contributed by atoms with Crippen LogP contribution in [0.2, 0.25) is 0 Å². The van der Waals surface area contributed by atoms with Gasteiger partial charge < -0.3 is 20.7 Å². The maximum absolute atomic E-state index is 11.8. The summed E-state index contributed by atoms with van der Waals surface area (Å²) in [6, 6.07) is 0. The zero-order chi connectivity index (χ0) is 13.3. The molecule has 0 saturated heterocycles. The van der Waals surface area contributed by atoms with E-state index in [9.17, 15) is 9.59 Å². The van der Waals surface area contributed by atoms with E-state index >= 15 is 0 Å². The molecule has 0 aromatic carbocycles. The van der Waals surface area contributed by atoms with Crippen LogP contribution in [0.15, 0.2) is 12.4 Å². The lowest BCUT2D eigenvalue weighted by atomic mass is 10.3. The number of carboxylic acids is 1. The molecule has 0 aliphatic carbocycles. The number of amides is 1. The lowest BCUT2D eigenvalue weighted by molar-refractivity contribution is 0.0691. The van der Waals surface area contributed by atoms with Crippen molar-refractivity contribution in [3.63, 3.8) is 0 Å². The molecule has 0 aliphatic rings. The topological polar surface area (TPSA) is 139 Å². The average Bonchev–Trinajstić information content (AvgIpc) is 2.85. The van der Waals surface area contributed by atoms with Gasteiger partial charge in [-0.1, -0.05) is 0 Å². The molecule has 0 spiro atoms. The number of nitrogens with zero attached hydrogens (tertiary/aromatic N) is 3. The molecule has 1 amide bonds. The monoisotopic (exact) mass is 250 g/mol. The molecule has 18 heavy (non-hydrogen) atoms. The van der Waals surface area contributed by atoms with Crippen molar-refractivity contribution in [1.82, 2.24) is 19.7 Å². The molecule has 2 rings (SSSR count). The molecular formula is C9H10N6O3. The molecule has 2 heterocycles. The van der Waals surface area contributed by atoms with Crippen molar-refractivity contribution >= 4 is 23.4 Å². The first-order chi connectivity index (χ1) is 8.49. The van der Waals surface area contributed by atoms with Gasteiger partial charge >= 0.3 is 5.97 Å². The van der Waals surface area contributed by atoms with Crippen molar-refractivity contribution < 1.29 is 14.7 Å². The molecule has 0 atom stereocenters. The van der Waals surface area contributed by atoms with E-state index in [0.717, 1.165) is 0 Å². The first-order valence-corrected chi connectivity index (χ1v) is 4.86. The molecule has 5 N–H and O–H groups in total. The number of imidazole rings is 1. The minimum Gasteiger partial charge on any atom is -0.476 e. The summed E-state index contributed by atoms with van der Waals surface area (Å²) in [5.74, 6) is -1.54. The summed E-state index contributed by atoms with van der Waals surface area (Å²) in [5.41, 5.74) is 5.24. The van der Waals surface area contributed by atoms with Crippen LogP contribution in [-0.2, 0) is 7.05 Å². The van der Waals surface area contributed by atoms with E-state index in [0.29, 0.717) is 0 Å². The van der Waals surface area contributed by atoms with E-state index in [4.69, 9.17) is 10.8 Å². The Morgan fingerprint density at radius 3 is 2.83 bits per heavy atom. The van der Waals surface area contributed by atoms with Gasteiger partial charge in [-0.2, -0.15) is 5.10 Å². The van der Waals surface area contributed by atoms with Crippen molar-refractivity contribution in [3.8, 4) is 0 Å². The summed E-state index contributed by atoms with van der Waals surface area (Å²) < 4.78 is 1.44. The van der Waals surface area contributed by atoms with Crippen molar-refractivity contribution in [2.24, 2.45) is 7.05 Å². The van der Waals surface area contributed by atoms with E-state index in [1.807, 2.05) is 0 Å². The van der Waals surface area contributed by atoms with Crippen LogP contribution in [0.3, 0.4) is 0 Å². The van der Waals surface area contributed by atoms with E-state index < -0.39 is 11.9 Å². The molecule has 2 aromatic rings. The number of hydrogen-bond acceptors (Lipinski definition) is 5. The highest BCUT2D eigenvalue weighted by molar-refractivity contribution is 6.05. The highest BCUT2D eigenvalue weighted by Crippen LogP contribution is 2.13. The maximum atomic E-state index is 11.8. The number of anilines is 2. The summed E-state index contributed by atoms with van der Waals surface area (Å²) in [7, 11) is 1.60. The van der Waals surface area contributed by atoms with Gasteiger partial charge in [0.2, 0.25) is 5.82 Å². The second-order valence-corrected chi connectivity index (χ2v) is 3.51. The number of aromatic carboxylic acids is 1. The van der Waals surface area contributed by atoms with Gasteiger partial charge in [0.05, 0.1) is 5.69 Å². The quantitative estimate of drug-likeness (QED) is 0.588. The third-order valence-corrected chi connectivity index (χ3v) is 2.19. The second-order valence-electron chi connectivity index (χ2n) is 3.51. The van der Waals surface area contributed by atoms with Gasteiger partial charge in [0, 0.05) is 19.4 Å². The van der Waals surface area contributed by atoms with Crippen molar-refractivity contribution in [3.05, 3.63) is 23.9 Å². The number of carbonyl (C=O) groups is 2. The fraction of sp³-hybridized carbons (Fsp3) is 0.111. The molecule has 94 valence electrons. The van der Waals surface area contributed by atoms with Crippen LogP contribution in [0, 0.1) is 0 Å². The Kier molecular flexibility index (Phi) is 2.72. The molecule has 0 fully saturated rings. The van der Waals surface area contributed by atoms with E-state index in [1.165, 1.54) is 17.0 Å². The molecule has 9 heteroatoms. The largest absolute Gasteiger partial charge is 0.476 e. The molecule has 0 unspecified atom stereocenters. The summed E-state index contributed by atoms with van der Waals surface area (Å²) in [4.78, 5) is 26.4. The molecular weight excluding hydrogens is 240 g/mol. The number of nitrogens with two attached hydrogens (primary N) is 1. The zero-order valence-corrected chi connectivity index (χ0v) is 9.34. The number of aromatic nitrogens is 4. The van der Waals surface area contributed by atoms with E-state index in [1.54, 1.807) is 7.05 Å². The third-order valence-electron chi connectivity index (χ3n) is 2.19. The van der Waals surface area contributed by atoms with Crippen LogP contribution >= 0.6 is 0 Å². The summed E-state index contributed by atoms with van der Waals surface area (Å²) >= 11 is 0. The Morgan fingerprint density at radius 2 is 2.28 bits per heavy atom. The fourth-order valence-corrected chi connectivity index (χ4v) is 1.43. The lowest BCUT2D eigenvalue weighted by Crippen LogP contribution is -2.18. The molecule has 0 bridgehead atoms. The maximum Gasteiger partial charge on any atom is 0.358 e. The van der Waals surface area contributed by atoms with Gasteiger partial charge in [0.15, 0.2) is 5.69 Å². The SMILES string of the molecule is Cn1cc(N)nc1C(=O)Nc1c[nH]nc1C(=O)O. The number of nitrogens with one attached hydrogen (secondary N) is 2. The van der Waals surface area contributed by atoms with Crippen LogP contribution in [0.5, 0.6) is 0 Å². The Labute approximate surface area is 101 Å². The Morgan fingerprint density at radius 1 is 1.56 bits per heavy atom. The smallest absolute Gasteiger partial charge is 0.358 e. The fourth-order valence-electron chi connectivity index (χ4n) is 1.43. The highest BCUT2D eigenvalue weighted by atomic mass is 16.4. The van der Waals surface area contributed by atoms with Crippen LogP contribution in [-0.4, -0.2) is 36.7 Å². The molecule has 0 saturated carbocycles. The predicted octanol–water partition coefficient (Wildman–Crippen LogP) is -0.324. The third kappa shape index (κ3) is 2.00. The van der Waals surface area contributed by atoms with E-state index in [2.05, 4.69) is 20.5 Å². The van der Waals surface area contributed by atoms with Crippen molar-refractivity contribution in [2.75, 3.05) is 11.1 Å². The number of carboxylic acid groups (broad SMARTS) is 1. The summed E-state index contributed by atoms with van der Waals surface area (Å²) in [6.07, 6.45) is 2.75. The number of aromatic amines is 1.